The Kier molecular flexibility index (Phi) is 2.78. The highest BCUT2D eigenvalue weighted by molar-refractivity contribution is 7.17. The number of hydrogen-bond acceptors (Lipinski definition) is 6. The van der Waals surface area contributed by atoms with Gasteiger partial charge in [0.15, 0.2) is 0 Å². The largest absolute Gasteiger partial charge is 0.268 e. The Morgan fingerprint density at radius 2 is 1.06 bits per heavy atom. The maximum Gasteiger partial charge on any atom is 0.264 e. The van der Waals surface area contributed by atoms with Gasteiger partial charge in [0.25, 0.3) is 11.1 Å². The van der Waals surface area contributed by atoms with E-state index in [1.165, 1.54) is 0 Å². The summed E-state index contributed by atoms with van der Waals surface area (Å²) in [6.07, 6.45) is 0. The Labute approximate surface area is 186 Å². The van der Waals surface area contributed by atoms with Gasteiger partial charge in [0.05, 0.1) is 11.0 Å². The van der Waals surface area contributed by atoms with Gasteiger partial charge in [-0.1, -0.05) is 0 Å². The number of nitrogens with zero attached hydrogens (tertiary/aromatic N) is 4. The van der Waals surface area contributed by atoms with Crippen LogP contribution in [-0.4, -0.2) is 18.8 Å². The first-order chi connectivity index (χ1) is 15.5. The fourth-order valence-corrected chi connectivity index (χ4v) is 7.08. The molecule has 0 aliphatic carbocycles. The summed E-state index contributed by atoms with van der Waals surface area (Å²) in [5.74, 6) is 0. The SMILES string of the molecule is Cc1csc2nc3c4ccc5c6c(ccc(c(=O)n3c12)c46)c(=O)n1c5nc2scc(C)c21. The number of fused-ring (bicyclic) bond motifs is 8. The molecule has 0 amide bonds. The maximum absolute atomic E-state index is 13.6. The highest BCUT2D eigenvalue weighted by Gasteiger charge is 2.23. The van der Waals surface area contributed by atoms with Crippen LogP contribution in [0.25, 0.3) is 64.3 Å². The molecule has 0 fully saturated rings. The Balaban J connectivity index is 1.73. The Bertz CT molecular complexity index is 2060. The zero-order chi connectivity index (χ0) is 21.5. The van der Waals surface area contributed by atoms with Gasteiger partial charge in [0, 0.05) is 32.3 Å². The lowest BCUT2D eigenvalue weighted by Crippen LogP contribution is -2.16. The first kappa shape index (κ1) is 17.0. The molecule has 0 aliphatic rings. The lowest BCUT2D eigenvalue weighted by molar-refractivity contribution is 1.17. The minimum atomic E-state index is -0.0987. The molecule has 8 rings (SSSR count). The summed E-state index contributed by atoms with van der Waals surface area (Å²) in [4.78, 5) is 38.6. The van der Waals surface area contributed by atoms with E-state index in [-0.39, 0.29) is 11.1 Å². The van der Waals surface area contributed by atoms with Crippen molar-refractivity contribution in [2.75, 3.05) is 0 Å². The van der Waals surface area contributed by atoms with Crippen molar-refractivity contribution in [1.29, 1.82) is 0 Å². The van der Waals surface area contributed by atoms with Gasteiger partial charge >= 0.3 is 0 Å². The van der Waals surface area contributed by atoms with Crippen LogP contribution in [0.1, 0.15) is 11.1 Å². The zero-order valence-electron chi connectivity index (χ0n) is 16.9. The molecule has 0 radical (unpaired) electrons. The molecule has 0 N–H and O–H groups in total. The van der Waals surface area contributed by atoms with Crippen molar-refractivity contribution in [3.8, 4) is 0 Å². The zero-order valence-corrected chi connectivity index (χ0v) is 18.5. The number of aromatic nitrogens is 4. The predicted octanol–water partition coefficient (Wildman–Crippen LogP) is 5.08. The Hall–Kier alpha value is -3.62. The van der Waals surface area contributed by atoms with Crippen LogP contribution >= 0.6 is 22.7 Å². The number of thiophene rings is 2. The van der Waals surface area contributed by atoms with Crippen molar-refractivity contribution in [1.82, 2.24) is 18.8 Å². The fraction of sp³-hybridized carbons (Fsp3) is 0.0833. The Morgan fingerprint density at radius 3 is 1.50 bits per heavy atom. The van der Waals surface area contributed by atoms with E-state index >= 15 is 0 Å². The summed E-state index contributed by atoms with van der Waals surface area (Å²) in [5.41, 5.74) is 4.92. The van der Waals surface area contributed by atoms with Gasteiger partial charge in [-0.3, -0.25) is 18.4 Å². The second kappa shape index (κ2) is 5.23. The summed E-state index contributed by atoms with van der Waals surface area (Å²) >= 11 is 3.09. The predicted molar refractivity (Wildman–Crippen MR) is 132 cm³/mol. The Morgan fingerprint density at radius 1 is 0.656 bits per heavy atom. The highest BCUT2D eigenvalue weighted by atomic mass is 32.1. The van der Waals surface area contributed by atoms with Crippen molar-refractivity contribution >= 4 is 87.0 Å². The van der Waals surface area contributed by atoms with E-state index in [4.69, 9.17) is 9.97 Å². The summed E-state index contributed by atoms with van der Waals surface area (Å²) in [6, 6.07) is 7.62. The average molecular weight is 453 g/mol. The summed E-state index contributed by atoms with van der Waals surface area (Å²) in [6.45, 7) is 4.01. The molecule has 0 saturated carbocycles. The van der Waals surface area contributed by atoms with Gasteiger partial charge in [-0.15, -0.1) is 22.7 Å². The normalized spacial score (nSPS) is 12.9. The van der Waals surface area contributed by atoms with E-state index in [9.17, 15) is 9.59 Å². The lowest BCUT2D eigenvalue weighted by Gasteiger charge is -2.12. The summed E-state index contributed by atoms with van der Waals surface area (Å²) in [7, 11) is 0. The number of hydrogen-bond donors (Lipinski definition) is 0. The van der Waals surface area contributed by atoms with Gasteiger partial charge < -0.3 is 0 Å². The summed E-state index contributed by atoms with van der Waals surface area (Å²) in [5, 5.41) is 8.63. The summed E-state index contributed by atoms with van der Waals surface area (Å²) < 4.78 is 3.46. The average Bonchev–Trinajstić information content (AvgIpc) is 3.53. The van der Waals surface area contributed by atoms with E-state index in [2.05, 4.69) is 0 Å². The monoisotopic (exact) mass is 452 g/mol. The van der Waals surface area contributed by atoms with E-state index in [0.717, 1.165) is 53.4 Å². The topological polar surface area (TPSA) is 68.7 Å². The van der Waals surface area contributed by atoms with Crippen molar-refractivity contribution < 1.29 is 0 Å². The third-order valence-electron chi connectivity index (χ3n) is 6.64. The second-order valence-corrected chi connectivity index (χ2v) is 10.1. The van der Waals surface area contributed by atoms with E-state index < -0.39 is 0 Å². The molecule has 6 heterocycles. The molecular weight excluding hydrogens is 440 g/mol. The van der Waals surface area contributed by atoms with Crippen LogP contribution in [-0.2, 0) is 0 Å². The molecule has 0 saturated heterocycles. The highest BCUT2D eigenvalue weighted by Crippen LogP contribution is 2.38. The number of rotatable bonds is 0. The van der Waals surface area contributed by atoms with Crippen LogP contribution in [0.5, 0.6) is 0 Å². The van der Waals surface area contributed by atoms with Crippen molar-refractivity contribution in [3.63, 3.8) is 0 Å². The van der Waals surface area contributed by atoms with Gasteiger partial charge in [0.2, 0.25) is 0 Å². The molecule has 32 heavy (non-hydrogen) atoms. The number of benzene rings is 2. The van der Waals surface area contributed by atoms with E-state index in [0.29, 0.717) is 22.1 Å². The molecular formula is C24H12N4O2S2. The smallest absolute Gasteiger partial charge is 0.264 e. The van der Waals surface area contributed by atoms with E-state index in [1.807, 2.05) is 36.7 Å². The second-order valence-electron chi connectivity index (χ2n) is 8.37. The molecule has 0 aliphatic heterocycles. The molecule has 6 aromatic heterocycles. The van der Waals surface area contributed by atoms with Gasteiger partial charge in [-0.25, -0.2) is 9.97 Å². The van der Waals surface area contributed by atoms with Crippen LogP contribution in [0.3, 0.4) is 0 Å². The molecule has 0 bridgehead atoms. The molecule has 8 aromatic rings. The van der Waals surface area contributed by atoms with E-state index in [1.54, 1.807) is 43.6 Å². The maximum atomic E-state index is 13.6. The van der Waals surface area contributed by atoms with Crippen LogP contribution < -0.4 is 11.1 Å². The third kappa shape index (κ3) is 1.69. The third-order valence-corrected chi connectivity index (χ3v) is 8.60. The van der Waals surface area contributed by atoms with Gasteiger partial charge in [0.1, 0.15) is 21.0 Å². The van der Waals surface area contributed by atoms with Crippen LogP contribution in [0.2, 0.25) is 0 Å². The molecule has 6 nitrogen and oxygen atoms in total. The first-order valence-corrected chi connectivity index (χ1v) is 11.9. The minimum Gasteiger partial charge on any atom is -0.268 e. The molecule has 0 unspecified atom stereocenters. The first-order valence-electron chi connectivity index (χ1n) is 10.2. The fourth-order valence-electron chi connectivity index (χ4n) is 5.28. The molecule has 0 spiro atoms. The van der Waals surface area contributed by atoms with Crippen molar-refractivity contribution in [2.45, 2.75) is 13.8 Å². The van der Waals surface area contributed by atoms with Gasteiger partial charge in [-0.2, -0.15) is 0 Å². The van der Waals surface area contributed by atoms with Crippen molar-refractivity contribution in [2.24, 2.45) is 0 Å². The van der Waals surface area contributed by atoms with Crippen LogP contribution in [0, 0.1) is 13.8 Å². The van der Waals surface area contributed by atoms with Crippen LogP contribution in [0.15, 0.2) is 44.6 Å². The molecule has 2 aromatic carbocycles. The standard InChI is InChI=1S/C24H12N4O2S2/c1-9-7-31-21-17(9)27-19(25-21)11-3-4-12-16-14(6-5-13(15(11)16)23(27)29)24(30)28-18-10(2)8-32-22(18)26-20(12)28/h3-8H,1-2H3. The molecule has 0 atom stereocenters. The molecule has 152 valence electrons. The van der Waals surface area contributed by atoms with Gasteiger partial charge in [-0.05, 0) is 60.0 Å². The number of pyridine rings is 2. The molecule has 8 heteroatoms. The lowest BCUT2D eigenvalue weighted by atomic mass is 9.96. The number of imidazole rings is 2. The number of aryl methyl sites for hydroxylation is 2. The van der Waals surface area contributed by atoms with Crippen LogP contribution in [0.4, 0.5) is 0 Å². The van der Waals surface area contributed by atoms with Crippen molar-refractivity contribution in [3.05, 3.63) is 66.9 Å². The minimum absolute atomic E-state index is 0.0987. The quantitative estimate of drug-likeness (QED) is 0.301.